The largest absolute Gasteiger partial charge is 0.481 e. The Morgan fingerprint density at radius 1 is 1.58 bits per heavy atom. The first-order chi connectivity index (χ1) is 5.81. The lowest BCUT2D eigenvalue weighted by molar-refractivity contribution is 0.399. The highest BCUT2D eigenvalue weighted by Gasteiger charge is 2.03. The summed E-state index contributed by atoms with van der Waals surface area (Å²) in [5.41, 5.74) is 0.749. The fraction of sp³-hybridized carbons (Fsp3) is 0.125. The van der Waals surface area contributed by atoms with Crippen LogP contribution in [0.5, 0.6) is 5.88 Å². The second-order valence-electron chi connectivity index (χ2n) is 2.39. The Balaban J connectivity index is 2.75. The van der Waals surface area contributed by atoms with Crippen molar-refractivity contribution in [1.29, 1.82) is 0 Å². The second kappa shape index (κ2) is 2.68. The molecule has 4 heteroatoms. The van der Waals surface area contributed by atoms with E-state index in [1.165, 1.54) is 0 Å². The SMILES string of the molecule is COc1cc(Cl)c2cc[nH]c2n1. The average Bonchev–Trinajstić information content (AvgIpc) is 2.52. The second-order valence-corrected chi connectivity index (χ2v) is 2.79. The molecule has 0 bridgehead atoms. The van der Waals surface area contributed by atoms with Gasteiger partial charge in [0.2, 0.25) is 5.88 Å². The number of rotatable bonds is 1. The molecule has 2 aromatic rings. The van der Waals surface area contributed by atoms with E-state index < -0.39 is 0 Å². The van der Waals surface area contributed by atoms with Gasteiger partial charge in [-0.05, 0) is 6.07 Å². The maximum Gasteiger partial charge on any atom is 0.216 e. The minimum Gasteiger partial charge on any atom is -0.481 e. The van der Waals surface area contributed by atoms with Crippen LogP contribution in [0.1, 0.15) is 0 Å². The molecule has 2 aromatic heterocycles. The van der Waals surface area contributed by atoms with E-state index in [0.717, 1.165) is 11.0 Å². The molecule has 0 fully saturated rings. The molecule has 0 spiro atoms. The third kappa shape index (κ3) is 1.02. The van der Waals surface area contributed by atoms with Crippen LogP contribution < -0.4 is 4.74 Å². The Morgan fingerprint density at radius 3 is 3.17 bits per heavy atom. The summed E-state index contributed by atoms with van der Waals surface area (Å²) < 4.78 is 4.96. The van der Waals surface area contributed by atoms with Gasteiger partial charge in [-0.3, -0.25) is 0 Å². The Kier molecular flexibility index (Phi) is 1.66. The van der Waals surface area contributed by atoms with Crippen molar-refractivity contribution < 1.29 is 4.74 Å². The molecule has 0 amide bonds. The first-order valence-electron chi connectivity index (χ1n) is 3.49. The van der Waals surface area contributed by atoms with Gasteiger partial charge in [0.05, 0.1) is 12.1 Å². The van der Waals surface area contributed by atoms with Crippen molar-refractivity contribution in [3.63, 3.8) is 0 Å². The zero-order chi connectivity index (χ0) is 8.55. The highest BCUT2D eigenvalue weighted by atomic mass is 35.5. The molecule has 3 nitrogen and oxygen atoms in total. The number of aromatic amines is 1. The summed E-state index contributed by atoms with van der Waals surface area (Å²) in [6.07, 6.45) is 1.79. The lowest BCUT2D eigenvalue weighted by atomic mass is 10.3. The quantitative estimate of drug-likeness (QED) is 0.735. The van der Waals surface area contributed by atoms with E-state index in [1.807, 2.05) is 6.07 Å². The first kappa shape index (κ1) is 7.43. The van der Waals surface area contributed by atoms with Crippen LogP contribution >= 0.6 is 11.6 Å². The maximum atomic E-state index is 5.94. The molecule has 0 aliphatic carbocycles. The average molecular weight is 183 g/mol. The number of H-pyrrole nitrogens is 1. The van der Waals surface area contributed by atoms with Crippen molar-refractivity contribution in [3.05, 3.63) is 23.4 Å². The zero-order valence-electron chi connectivity index (χ0n) is 6.47. The molecule has 0 aromatic carbocycles. The highest BCUT2D eigenvalue weighted by Crippen LogP contribution is 2.24. The molecule has 2 rings (SSSR count). The third-order valence-electron chi connectivity index (χ3n) is 1.66. The predicted molar refractivity (Wildman–Crippen MR) is 47.7 cm³/mol. The van der Waals surface area contributed by atoms with E-state index in [0.29, 0.717) is 10.9 Å². The van der Waals surface area contributed by atoms with Gasteiger partial charge in [0.25, 0.3) is 0 Å². The fourth-order valence-corrected chi connectivity index (χ4v) is 1.32. The number of hydrogen-bond acceptors (Lipinski definition) is 2. The summed E-state index contributed by atoms with van der Waals surface area (Å²) in [5.74, 6) is 0.523. The molecule has 2 heterocycles. The highest BCUT2D eigenvalue weighted by molar-refractivity contribution is 6.35. The maximum absolute atomic E-state index is 5.94. The van der Waals surface area contributed by atoms with Crippen molar-refractivity contribution in [2.45, 2.75) is 0 Å². The van der Waals surface area contributed by atoms with Crippen LogP contribution in [0, 0.1) is 0 Å². The lowest BCUT2D eigenvalue weighted by Crippen LogP contribution is -1.87. The Morgan fingerprint density at radius 2 is 2.42 bits per heavy atom. The number of halogens is 1. The van der Waals surface area contributed by atoms with E-state index in [4.69, 9.17) is 16.3 Å². The van der Waals surface area contributed by atoms with Gasteiger partial charge < -0.3 is 9.72 Å². The molecule has 0 radical (unpaired) electrons. The van der Waals surface area contributed by atoms with Crippen molar-refractivity contribution in [2.24, 2.45) is 0 Å². The van der Waals surface area contributed by atoms with E-state index in [2.05, 4.69) is 9.97 Å². The summed E-state index contributed by atoms with van der Waals surface area (Å²) >= 11 is 5.94. The summed E-state index contributed by atoms with van der Waals surface area (Å²) in [7, 11) is 1.56. The normalized spacial score (nSPS) is 10.5. The number of ether oxygens (including phenoxy) is 1. The van der Waals surface area contributed by atoms with Gasteiger partial charge in [-0.15, -0.1) is 0 Å². The van der Waals surface area contributed by atoms with Crippen LogP contribution in [0.15, 0.2) is 18.3 Å². The van der Waals surface area contributed by atoms with Gasteiger partial charge in [-0.25, -0.2) is 0 Å². The van der Waals surface area contributed by atoms with E-state index in [9.17, 15) is 0 Å². The lowest BCUT2D eigenvalue weighted by Gasteiger charge is -1.99. The summed E-state index contributed by atoms with van der Waals surface area (Å²) in [5, 5.41) is 1.57. The van der Waals surface area contributed by atoms with Gasteiger partial charge >= 0.3 is 0 Å². The molecule has 0 unspecified atom stereocenters. The van der Waals surface area contributed by atoms with Crippen molar-refractivity contribution in [1.82, 2.24) is 9.97 Å². The van der Waals surface area contributed by atoms with Crippen molar-refractivity contribution in [3.8, 4) is 5.88 Å². The molecule has 0 aliphatic heterocycles. The molecular formula is C8H7ClN2O. The molecule has 0 atom stereocenters. The molecular weight excluding hydrogens is 176 g/mol. The van der Waals surface area contributed by atoms with Crippen LogP contribution in [-0.2, 0) is 0 Å². The van der Waals surface area contributed by atoms with E-state index in [1.54, 1.807) is 19.4 Å². The Labute approximate surface area is 74.3 Å². The molecule has 62 valence electrons. The Bertz CT molecular complexity index is 410. The molecule has 0 saturated carbocycles. The zero-order valence-corrected chi connectivity index (χ0v) is 7.22. The van der Waals surface area contributed by atoms with Crippen molar-refractivity contribution in [2.75, 3.05) is 7.11 Å². The number of aromatic nitrogens is 2. The van der Waals surface area contributed by atoms with Crippen LogP contribution in [0.2, 0.25) is 5.02 Å². The topological polar surface area (TPSA) is 37.9 Å². The minimum absolute atomic E-state index is 0.523. The molecule has 0 aliphatic rings. The van der Waals surface area contributed by atoms with Crippen LogP contribution in [-0.4, -0.2) is 17.1 Å². The third-order valence-corrected chi connectivity index (χ3v) is 1.98. The number of nitrogens with zero attached hydrogens (tertiary/aromatic N) is 1. The number of hydrogen-bond donors (Lipinski definition) is 1. The summed E-state index contributed by atoms with van der Waals surface area (Å²) in [4.78, 5) is 7.11. The summed E-state index contributed by atoms with van der Waals surface area (Å²) in [6.45, 7) is 0. The van der Waals surface area contributed by atoms with Gasteiger partial charge in [0.15, 0.2) is 0 Å². The van der Waals surface area contributed by atoms with Gasteiger partial charge in [0.1, 0.15) is 5.65 Å². The number of nitrogens with one attached hydrogen (secondary N) is 1. The smallest absolute Gasteiger partial charge is 0.216 e. The predicted octanol–water partition coefficient (Wildman–Crippen LogP) is 2.22. The Hall–Kier alpha value is -1.22. The van der Waals surface area contributed by atoms with Crippen LogP contribution in [0.3, 0.4) is 0 Å². The monoisotopic (exact) mass is 182 g/mol. The van der Waals surface area contributed by atoms with Gasteiger partial charge in [-0.2, -0.15) is 4.98 Å². The number of pyridine rings is 1. The molecule has 1 N–H and O–H groups in total. The van der Waals surface area contributed by atoms with Crippen LogP contribution in [0.25, 0.3) is 11.0 Å². The fourth-order valence-electron chi connectivity index (χ4n) is 1.08. The number of methoxy groups -OCH3 is 1. The first-order valence-corrected chi connectivity index (χ1v) is 3.86. The van der Waals surface area contributed by atoms with E-state index >= 15 is 0 Å². The molecule has 12 heavy (non-hydrogen) atoms. The standard InChI is InChI=1S/C8H7ClN2O/c1-12-7-4-6(9)5-2-3-10-8(5)11-7/h2-4H,1H3,(H,10,11). The van der Waals surface area contributed by atoms with Crippen molar-refractivity contribution >= 4 is 22.6 Å². The minimum atomic E-state index is 0.523. The van der Waals surface area contributed by atoms with Gasteiger partial charge in [0, 0.05) is 17.6 Å². The van der Waals surface area contributed by atoms with Gasteiger partial charge in [-0.1, -0.05) is 11.6 Å². The molecule has 0 saturated heterocycles. The van der Waals surface area contributed by atoms with E-state index in [-0.39, 0.29) is 0 Å². The van der Waals surface area contributed by atoms with Crippen LogP contribution in [0.4, 0.5) is 0 Å². The summed E-state index contributed by atoms with van der Waals surface area (Å²) in [6, 6.07) is 3.57. The number of fused-ring (bicyclic) bond motifs is 1.